The van der Waals surface area contributed by atoms with Crippen LogP contribution >= 0.6 is 0 Å². The molecule has 1 aliphatic heterocycles. The van der Waals surface area contributed by atoms with Gasteiger partial charge in [-0.25, -0.2) is 0 Å². The zero-order valence-corrected chi connectivity index (χ0v) is 22.7. The summed E-state index contributed by atoms with van der Waals surface area (Å²) in [6.07, 6.45) is 0.771. The van der Waals surface area contributed by atoms with Gasteiger partial charge in [0.1, 0.15) is 6.04 Å². The van der Waals surface area contributed by atoms with Crippen LogP contribution in [0.25, 0.3) is 0 Å². The van der Waals surface area contributed by atoms with E-state index in [1.807, 2.05) is 75.4 Å². The number of carbonyl (C=O) groups is 4. The Labute approximate surface area is 229 Å². The van der Waals surface area contributed by atoms with Crippen LogP contribution in [0.1, 0.15) is 64.1 Å². The topological polar surface area (TPSA) is 86.8 Å². The fourth-order valence-electron chi connectivity index (χ4n) is 4.80. The van der Waals surface area contributed by atoms with E-state index in [2.05, 4.69) is 5.32 Å². The molecule has 1 N–H and O–H groups in total. The molecule has 4 rings (SSSR count). The van der Waals surface area contributed by atoms with Crippen LogP contribution in [0.2, 0.25) is 0 Å². The minimum atomic E-state index is -0.720. The highest BCUT2D eigenvalue weighted by atomic mass is 16.2. The summed E-state index contributed by atoms with van der Waals surface area (Å²) in [5, 5.41) is 2.99. The Bertz CT molecular complexity index is 1300. The van der Waals surface area contributed by atoms with Gasteiger partial charge in [-0.05, 0) is 50.5 Å². The maximum Gasteiger partial charge on any atom is 0.261 e. The molecule has 0 aromatic heterocycles. The molecule has 0 aliphatic carbocycles. The van der Waals surface area contributed by atoms with E-state index in [9.17, 15) is 19.2 Å². The van der Waals surface area contributed by atoms with Crippen LogP contribution in [0.4, 0.5) is 0 Å². The molecule has 0 fully saturated rings. The first-order valence-corrected chi connectivity index (χ1v) is 13.4. The SMILES string of the molecule is Cc1ccc(CN(C(=O)CCCN2C(=O)c3ccccc3C2=O)C(Cc2ccccc2)C(=O)NC(C)C)cc1. The van der Waals surface area contributed by atoms with Crippen LogP contribution in [0.5, 0.6) is 0 Å². The second-order valence-corrected chi connectivity index (χ2v) is 10.3. The van der Waals surface area contributed by atoms with Crippen molar-refractivity contribution in [2.45, 2.75) is 58.7 Å². The average molecular weight is 526 g/mol. The molecule has 0 saturated heterocycles. The highest BCUT2D eigenvalue weighted by molar-refractivity contribution is 6.21. The number of amides is 4. The summed E-state index contributed by atoms with van der Waals surface area (Å²) in [5.74, 6) is -1.09. The summed E-state index contributed by atoms with van der Waals surface area (Å²) in [7, 11) is 0. The number of carbonyl (C=O) groups excluding carboxylic acids is 4. The van der Waals surface area contributed by atoms with Gasteiger partial charge in [0.2, 0.25) is 11.8 Å². The third-order valence-electron chi connectivity index (χ3n) is 6.83. The number of rotatable bonds is 11. The van der Waals surface area contributed by atoms with Crippen molar-refractivity contribution in [3.63, 3.8) is 0 Å². The molecule has 39 heavy (non-hydrogen) atoms. The van der Waals surface area contributed by atoms with Gasteiger partial charge in [0, 0.05) is 32.0 Å². The van der Waals surface area contributed by atoms with Crippen molar-refractivity contribution in [3.8, 4) is 0 Å². The van der Waals surface area contributed by atoms with Crippen LogP contribution in [-0.2, 0) is 22.6 Å². The summed E-state index contributed by atoms with van der Waals surface area (Å²) in [6.45, 7) is 6.20. The van der Waals surface area contributed by atoms with Gasteiger partial charge in [0.15, 0.2) is 0 Å². The molecule has 3 aromatic carbocycles. The van der Waals surface area contributed by atoms with Gasteiger partial charge in [-0.3, -0.25) is 24.1 Å². The van der Waals surface area contributed by atoms with Gasteiger partial charge in [-0.1, -0.05) is 72.3 Å². The van der Waals surface area contributed by atoms with Crippen molar-refractivity contribution in [1.82, 2.24) is 15.1 Å². The molecule has 1 atom stereocenters. The first-order valence-electron chi connectivity index (χ1n) is 13.4. The van der Waals surface area contributed by atoms with Gasteiger partial charge in [-0.2, -0.15) is 0 Å². The smallest absolute Gasteiger partial charge is 0.261 e. The lowest BCUT2D eigenvalue weighted by molar-refractivity contribution is -0.141. The van der Waals surface area contributed by atoms with Crippen molar-refractivity contribution in [2.24, 2.45) is 0 Å². The fraction of sp³-hybridized carbons (Fsp3) is 0.312. The first-order chi connectivity index (χ1) is 18.7. The first kappa shape index (κ1) is 27.8. The van der Waals surface area contributed by atoms with Crippen molar-refractivity contribution in [2.75, 3.05) is 6.54 Å². The second kappa shape index (κ2) is 12.5. The maximum atomic E-state index is 13.7. The summed E-state index contributed by atoms with van der Waals surface area (Å²) >= 11 is 0. The Morgan fingerprint density at radius 2 is 1.41 bits per heavy atom. The molecule has 7 heteroatoms. The van der Waals surface area contributed by atoms with E-state index in [0.29, 0.717) is 24.0 Å². The van der Waals surface area contributed by atoms with E-state index < -0.39 is 6.04 Å². The summed E-state index contributed by atoms with van der Waals surface area (Å²) < 4.78 is 0. The van der Waals surface area contributed by atoms with Crippen LogP contribution in [0.3, 0.4) is 0 Å². The van der Waals surface area contributed by atoms with Gasteiger partial charge in [0.05, 0.1) is 11.1 Å². The minimum Gasteiger partial charge on any atom is -0.352 e. The molecule has 0 bridgehead atoms. The van der Waals surface area contributed by atoms with E-state index in [1.165, 1.54) is 4.90 Å². The lowest BCUT2D eigenvalue weighted by atomic mass is 10.0. The second-order valence-electron chi connectivity index (χ2n) is 10.3. The molecule has 0 radical (unpaired) electrons. The highest BCUT2D eigenvalue weighted by Crippen LogP contribution is 2.23. The van der Waals surface area contributed by atoms with E-state index in [1.54, 1.807) is 29.2 Å². The maximum absolute atomic E-state index is 13.7. The Kier molecular flexibility index (Phi) is 8.92. The van der Waals surface area contributed by atoms with Gasteiger partial charge < -0.3 is 10.2 Å². The third kappa shape index (κ3) is 6.79. The molecule has 0 spiro atoms. The number of aryl methyl sites for hydroxylation is 1. The van der Waals surface area contributed by atoms with E-state index in [4.69, 9.17) is 0 Å². The number of hydrogen-bond acceptors (Lipinski definition) is 4. The fourth-order valence-corrected chi connectivity index (χ4v) is 4.80. The van der Waals surface area contributed by atoms with Gasteiger partial charge in [0.25, 0.3) is 11.8 Å². The zero-order chi connectivity index (χ0) is 27.9. The standard InChI is InChI=1S/C32H35N3O4/c1-22(2)33-30(37)28(20-24-10-5-4-6-11-24)35(21-25-17-15-23(3)16-18-25)29(36)14-9-19-34-31(38)26-12-7-8-13-27(26)32(34)39/h4-8,10-13,15-18,22,28H,9,14,19-21H2,1-3H3,(H,33,37). The monoisotopic (exact) mass is 525 g/mol. The summed E-state index contributed by atoms with van der Waals surface area (Å²) in [5.41, 5.74) is 3.76. The molecule has 1 unspecified atom stereocenters. The quantitative estimate of drug-likeness (QED) is 0.373. The molecular weight excluding hydrogens is 490 g/mol. The summed E-state index contributed by atoms with van der Waals surface area (Å²) in [6, 6.07) is 23.5. The molecule has 202 valence electrons. The highest BCUT2D eigenvalue weighted by Gasteiger charge is 2.35. The van der Waals surface area contributed by atoms with Crippen molar-refractivity contribution >= 4 is 23.6 Å². The summed E-state index contributed by atoms with van der Waals surface area (Å²) in [4.78, 5) is 55.5. The Morgan fingerprint density at radius 3 is 2.00 bits per heavy atom. The predicted molar refractivity (Wildman–Crippen MR) is 150 cm³/mol. The number of nitrogens with zero attached hydrogens (tertiary/aromatic N) is 2. The number of hydrogen-bond donors (Lipinski definition) is 1. The Hall–Kier alpha value is -4.26. The molecule has 0 saturated carbocycles. The minimum absolute atomic E-state index is 0.0825. The van der Waals surface area contributed by atoms with E-state index in [-0.39, 0.29) is 49.2 Å². The lowest BCUT2D eigenvalue weighted by Gasteiger charge is -2.32. The number of fused-ring (bicyclic) bond motifs is 1. The number of nitrogens with one attached hydrogen (secondary N) is 1. The Morgan fingerprint density at radius 1 is 0.821 bits per heavy atom. The van der Waals surface area contributed by atoms with Gasteiger partial charge >= 0.3 is 0 Å². The molecule has 1 heterocycles. The zero-order valence-electron chi connectivity index (χ0n) is 22.7. The average Bonchev–Trinajstić information content (AvgIpc) is 3.16. The van der Waals surface area contributed by atoms with Crippen LogP contribution in [0.15, 0.2) is 78.9 Å². The number of imide groups is 1. The van der Waals surface area contributed by atoms with Crippen LogP contribution in [0, 0.1) is 6.92 Å². The molecular formula is C32H35N3O4. The lowest BCUT2D eigenvalue weighted by Crippen LogP contribution is -2.51. The Balaban J connectivity index is 1.54. The van der Waals surface area contributed by atoms with Crippen LogP contribution in [-0.4, -0.2) is 52.1 Å². The largest absolute Gasteiger partial charge is 0.352 e. The molecule has 4 amide bonds. The van der Waals surface area contributed by atoms with E-state index in [0.717, 1.165) is 16.7 Å². The molecule has 1 aliphatic rings. The van der Waals surface area contributed by atoms with Crippen LogP contribution < -0.4 is 5.32 Å². The van der Waals surface area contributed by atoms with Gasteiger partial charge in [-0.15, -0.1) is 0 Å². The molecule has 7 nitrogen and oxygen atoms in total. The predicted octanol–water partition coefficient (Wildman–Crippen LogP) is 4.54. The van der Waals surface area contributed by atoms with Crippen molar-refractivity contribution in [3.05, 3.63) is 107 Å². The normalized spacial score (nSPS) is 13.4. The third-order valence-corrected chi connectivity index (χ3v) is 6.83. The van der Waals surface area contributed by atoms with Crippen molar-refractivity contribution < 1.29 is 19.2 Å². The van der Waals surface area contributed by atoms with E-state index >= 15 is 0 Å². The molecule has 3 aromatic rings. The van der Waals surface area contributed by atoms with Crippen molar-refractivity contribution in [1.29, 1.82) is 0 Å². The number of benzene rings is 3.